The van der Waals surface area contributed by atoms with Gasteiger partial charge in [-0.1, -0.05) is 73.5 Å². The molecule has 2 saturated carbocycles. The number of ether oxygens (including phenoxy) is 2. The number of aromatic nitrogens is 3. The third-order valence-electron chi connectivity index (χ3n) is 15.8. The first-order valence-corrected chi connectivity index (χ1v) is 26.1. The Labute approximate surface area is 418 Å². The Morgan fingerprint density at radius 2 is 0.611 bits per heavy atom. The SMILES string of the molecule is Oc1ccc(-n2c3ccc(-c4ccc5c(c4)c4cc(OC6CCCCC6)ccc4n5-c4ccccc4)cc3c3cc(-c4ccc5c(c4)c4cc(OC6CCCCC6)ccc4n5-c4ccccc4)ccc32)cc1. The van der Waals surface area contributed by atoms with Crippen LogP contribution in [0.1, 0.15) is 64.2 Å². The van der Waals surface area contributed by atoms with Crippen LogP contribution in [0.25, 0.3) is 105 Å². The van der Waals surface area contributed by atoms with Crippen molar-refractivity contribution in [2.75, 3.05) is 0 Å². The van der Waals surface area contributed by atoms with Crippen LogP contribution in [0.3, 0.4) is 0 Å². The molecule has 9 aromatic carbocycles. The first kappa shape index (κ1) is 42.6. The van der Waals surface area contributed by atoms with E-state index in [4.69, 9.17) is 9.47 Å². The lowest BCUT2D eigenvalue weighted by Gasteiger charge is -2.23. The molecule has 6 nitrogen and oxygen atoms in total. The zero-order valence-corrected chi connectivity index (χ0v) is 40.3. The summed E-state index contributed by atoms with van der Waals surface area (Å²) in [4.78, 5) is 0. The molecule has 14 rings (SSSR count). The summed E-state index contributed by atoms with van der Waals surface area (Å²) in [6, 6.07) is 69.9. The Bertz CT molecular complexity index is 3760. The van der Waals surface area contributed by atoms with Crippen LogP contribution in [0.5, 0.6) is 17.2 Å². The van der Waals surface area contributed by atoms with Gasteiger partial charge in [0.25, 0.3) is 0 Å². The van der Waals surface area contributed by atoms with Crippen molar-refractivity contribution >= 4 is 65.4 Å². The van der Waals surface area contributed by atoms with Gasteiger partial charge >= 0.3 is 0 Å². The van der Waals surface area contributed by atoms with E-state index in [1.54, 1.807) is 12.1 Å². The highest BCUT2D eigenvalue weighted by molar-refractivity contribution is 6.15. The summed E-state index contributed by atoms with van der Waals surface area (Å²) in [6.07, 6.45) is 12.5. The van der Waals surface area contributed by atoms with Gasteiger partial charge in [-0.15, -0.1) is 0 Å². The molecule has 0 radical (unpaired) electrons. The lowest BCUT2D eigenvalue weighted by atomic mass is 9.97. The Hall–Kier alpha value is -8.22. The first-order chi connectivity index (χ1) is 35.6. The standard InChI is InChI=1S/C66H55N3O3/c70-50-27-25-49(26-28-50)69-61-31-21-43(45-23-33-63-57(39-45)59-41-53(71-51-17-9-3-10-18-51)29-35-65(59)67(63)47-13-5-1-6-14-47)37-55(61)56-38-44(22-32-62(56)69)46-24-34-64-58(40-46)60-42-54(72-52-19-11-4-12-20-52)30-36-66(60)68(64)48-15-7-2-8-16-48/h1-2,5-8,13-16,21-42,51-52,70H,3-4,9-12,17-20H2. The van der Waals surface area contributed by atoms with Crippen molar-refractivity contribution in [2.24, 2.45) is 0 Å². The fourth-order valence-corrected chi connectivity index (χ4v) is 12.2. The third kappa shape index (κ3) is 7.39. The maximum atomic E-state index is 10.4. The van der Waals surface area contributed by atoms with Crippen LogP contribution >= 0.6 is 0 Å². The van der Waals surface area contributed by atoms with E-state index < -0.39 is 0 Å². The number of aromatic hydroxyl groups is 1. The van der Waals surface area contributed by atoms with Gasteiger partial charge in [0.15, 0.2) is 0 Å². The Balaban J connectivity index is 0.922. The molecule has 6 heteroatoms. The number of phenolic OH excluding ortho intramolecular Hbond substituents is 1. The van der Waals surface area contributed by atoms with Gasteiger partial charge in [0, 0.05) is 49.4 Å². The highest BCUT2D eigenvalue weighted by Gasteiger charge is 2.22. The fourth-order valence-electron chi connectivity index (χ4n) is 12.2. The van der Waals surface area contributed by atoms with Crippen molar-refractivity contribution in [3.05, 3.63) is 194 Å². The molecule has 72 heavy (non-hydrogen) atoms. The molecule has 0 aliphatic heterocycles. The maximum Gasteiger partial charge on any atom is 0.120 e. The van der Waals surface area contributed by atoms with E-state index >= 15 is 0 Å². The predicted octanol–water partition coefficient (Wildman–Crippen LogP) is 17.4. The monoisotopic (exact) mass is 937 g/mol. The Kier molecular flexibility index (Phi) is 10.4. The van der Waals surface area contributed by atoms with Crippen LogP contribution < -0.4 is 9.47 Å². The summed E-state index contributed by atoms with van der Waals surface area (Å²) in [5, 5.41) is 17.5. The minimum atomic E-state index is 0.248. The Morgan fingerprint density at radius 1 is 0.306 bits per heavy atom. The minimum Gasteiger partial charge on any atom is -0.508 e. The van der Waals surface area contributed by atoms with Crippen molar-refractivity contribution < 1.29 is 14.6 Å². The van der Waals surface area contributed by atoms with Gasteiger partial charge in [0.1, 0.15) is 17.2 Å². The molecule has 0 atom stereocenters. The maximum absolute atomic E-state index is 10.4. The highest BCUT2D eigenvalue weighted by atomic mass is 16.5. The molecule has 2 aliphatic rings. The van der Waals surface area contributed by atoms with Crippen molar-refractivity contribution in [3.63, 3.8) is 0 Å². The average Bonchev–Trinajstić information content (AvgIpc) is 4.06. The van der Waals surface area contributed by atoms with Gasteiger partial charge in [0.2, 0.25) is 0 Å². The lowest BCUT2D eigenvalue weighted by Crippen LogP contribution is -2.19. The van der Waals surface area contributed by atoms with Crippen molar-refractivity contribution in [3.8, 4) is 56.6 Å². The number of fused-ring (bicyclic) bond motifs is 9. The molecule has 0 amide bonds. The van der Waals surface area contributed by atoms with E-state index in [0.717, 1.165) is 87.5 Å². The lowest BCUT2D eigenvalue weighted by molar-refractivity contribution is 0.155. The van der Waals surface area contributed by atoms with Gasteiger partial charge in [-0.05, 0) is 207 Å². The minimum absolute atomic E-state index is 0.248. The normalized spacial score (nSPS) is 14.9. The molecule has 2 aliphatic carbocycles. The van der Waals surface area contributed by atoms with Crippen LogP contribution in [0.4, 0.5) is 0 Å². The van der Waals surface area contributed by atoms with Crippen molar-refractivity contribution in [1.82, 2.24) is 13.7 Å². The smallest absolute Gasteiger partial charge is 0.120 e. The number of phenols is 1. The van der Waals surface area contributed by atoms with Crippen molar-refractivity contribution in [2.45, 2.75) is 76.4 Å². The van der Waals surface area contributed by atoms with E-state index in [9.17, 15) is 5.11 Å². The van der Waals surface area contributed by atoms with Gasteiger partial charge < -0.3 is 28.3 Å². The highest BCUT2D eigenvalue weighted by Crippen LogP contribution is 2.43. The van der Waals surface area contributed by atoms with E-state index in [0.29, 0.717) is 0 Å². The van der Waals surface area contributed by atoms with Crippen LogP contribution in [-0.2, 0) is 0 Å². The average molecular weight is 938 g/mol. The molecule has 12 aromatic rings. The van der Waals surface area contributed by atoms with Crippen LogP contribution in [-0.4, -0.2) is 31.0 Å². The molecule has 1 N–H and O–H groups in total. The third-order valence-corrected chi connectivity index (χ3v) is 15.8. The molecule has 2 fully saturated rings. The molecular formula is C66H55N3O3. The number of nitrogens with zero attached hydrogens (tertiary/aromatic N) is 3. The molecule has 0 bridgehead atoms. The predicted molar refractivity (Wildman–Crippen MR) is 297 cm³/mol. The number of hydrogen-bond acceptors (Lipinski definition) is 3. The van der Waals surface area contributed by atoms with Gasteiger partial charge in [-0.2, -0.15) is 0 Å². The molecule has 0 saturated heterocycles. The van der Waals surface area contributed by atoms with Crippen LogP contribution in [0, 0.1) is 0 Å². The first-order valence-electron chi connectivity index (χ1n) is 26.1. The molecule has 352 valence electrons. The quantitative estimate of drug-likeness (QED) is 0.157. The summed E-state index contributed by atoms with van der Waals surface area (Å²) in [7, 11) is 0. The second-order valence-corrected chi connectivity index (χ2v) is 20.2. The number of para-hydroxylation sites is 2. The summed E-state index contributed by atoms with van der Waals surface area (Å²) in [5.74, 6) is 2.14. The van der Waals surface area contributed by atoms with Crippen molar-refractivity contribution in [1.29, 1.82) is 0 Å². The zero-order valence-electron chi connectivity index (χ0n) is 40.3. The number of hydrogen-bond donors (Lipinski definition) is 1. The topological polar surface area (TPSA) is 53.5 Å². The molecular weight excluding hydrogens is 883 g/mol. The molecule has 0 spiro atoms. The zero-order chi connectivity index (χ0) is 47.7. The van der Waals surface area contributed by atoms with E-state index in [-0.39, 0.29) is 18.0 Å². The van der Waals surface area contributed by atoms with E-state index in [1.165, 1.54) is 92.9 Å². The summed E-state index contributed by atoms with van der Waals surface area (Å²) < 4.78 is 20.4. The van der Waals surface area contributed by atoms with E-state index in [2.05, 4.69) is 184 Å². The fraction of sp³-hybridized carbons (Fsp3) is 0.182. The Morgan fingerprint density at radius 3 is 0.958 bits per heavy atom. The molecule has 3 aromatic heterocycles. The number of benzene rings is 9. The second-order valence-electron chi connectivity index (χ2n) is 20.2. The van der Waals surface area contributed by atoms with E-state index in [1.807, 2.05) is 12.1 Å². The second kappa shape index (κ2) is 17.6. The van der Waals surface area contributed by atoms with Gasteiger partial charge in [0.05, 0.1) is 45.3 Å². The van der Waals surface area contributed by atoms with Crippen LogP contribution in [0.2, 0.25) is 0 Å². The van der Waals surface area contributed by atoms with Gasteiger partial charge in [-0.3, -0.25) is 0 Å². The molecule has 0 unspecified atom stereocenters. The van der Waals surface area contributed by atoms with Gasteiger partial charge in [-0.25, -0.2) is 0 Å². The summed E-state index contributed by atoms with van der Waals surface area (Å²) in [5.41, 5.74) is 14.8. The largest absolute Gasteiger partial charge is 0.508 e. The molecule has 3 heterocycles. The summed E-state index contributed by atoms with van der Waals surface area (Å²) in [6.45, 7) is 0. The number of rotatable bonds is 9. The summed E-state index contributed by atoms with van der Waals surface area (Å²) >= 11 is 0. The van der Waals surface area contributed by atoms with Crippen LogP contribution in [0.15, 0.2) is 194 Å².